The molecule has 0 radical (unpaired) electrons. The molecule has 1 aliphatic heterocycles. The molecule has 1 amide bonds. The molecule has 0 unspecified atom stereocenters. The van der Waals surface area contributed by atoms with Crippen LogP contribution in [-0.2, 0) is 0 Å². The SMILES string of the molecule is Cc1cc(C)n2nc(C)c(C(=O)N3CCCNCC3)c2n1. The summed E-state index contributed by atoms with van der Waals surface area (Å²) < 4.78 is 1.77. The number of fused-ring (bicyclic) bond motifs is 1. The topological polar surface area (TPSA) is 62.5 Å². The number of aromatic nitrogens is 3. The van der Waals surface area contributed by atoms with E-state index in [2.05, 4.69) is 15.4 Å². The van der Waals surface area contributed by atoms with Crippen molar-refractivity contribution in [1.82, 2.24) is 24.8 Å². The third-order valence-corrected chi connectivity index (χ3v) is 3.91. The number of amides is 1. The summed E-state index contributed by atoms with van der Waals surface area (Å²) >= 11 is 0. The second-order valence-electron chi connectivity index (χ2n) is 5.63. The number of carbonyl (C=O) groups is 1. The van der Waals surface area contributed by atoms with Gasteiger partial charge in [-0.15, -0.1) is 0 Å². The van der Waals surface area contributed by atoms with Gasteiger partial charge in [-0.1, -0.05) is 0 Å². The van der Waals surface area contributed by atoms with E-state index in [0.29, 0.717) is 11.2 Å². The van der Waals surface area contributed by atoms with Crippen LogP contribution in [0.5, 0.6) is 0 Å². The summed E-state index contributed by atoms with van der Waals surface area (Å²) in [6.07, 6.45) is 0.982. The molecule has 1 N–H and O–H groups in total. The van der Waals surface area contributed by atoms with Crippen molar-refractivity contribution < 1.29 is 4.79 Å². The minimum atomic E-state index is 0.0451. The molecule has 0 aromatic carbocycles. The first-order chi connectivity index (χ1) is 10.1. The van der Waals surface area contributed by atoms with Crippen LogP contribution in [0.25, 0.3) is 5.65 Å². The van der Waals surface area contributed by atoms with E-state index >= 15 is 0 Å². The lowest BCUT2D eigenvalue weighted by molar-refractivity contribution is 0.0767. The molecular weight excluding hydrogens is 266 g/mol. The summed E-state index contributed by atoms with van der Waals surface area (Å²) in [6.45, 7) is 9.14. The average Bonchev–Trinajstić information content (AvgIpc) is 2.64. The fourth-order valence-corrected chi connectivity index (χ4v) is 2.88. The third-order valence-electron chi connectivity index (χ3n) is 3.91. The number of hydrogen-bond donors (Lipinski definition) is 1. The highest BCUT2D eigenvalue weighted by Crippen LogP contribution is 2.18. The summed E-state index contributed by atoms with van der Waals surface area (Å²) in [5.74, 6) is 0.0451. The molecule has 1 saturated heterocycles. The van der Waals surface area contributed by atoms with Crippen molar-refractivity contribution >= 4 is 11.6 Å². The smallest absolute Gasteiger partial charge is 0.259 e. The van der Waals surface area contributed by atoms with Gasteiger partial charge in [0.05, 0.1) is 5.69 Å². The van der Waals surface area contributed by atoms with Crippen LogP contribution in [0.1, 0.15) is 33.9 Å². The molecule has 0 aliphatic carbocycles. The molecular formula is C15H21N5O. The first kappa shape index (κ1) is 14.0. The number of rotatable bonds is 1. The maximum absolute atomic E-state index is 12.9. The molecule has 6 heteroatoms. The van der Waals surface area contributed by atoms with Crippen LogP contribution in [0.4, 0.5) is 0 Å². The van der Waals surface area contributed by atoms with Crippen molar-refractivity contribution in [3.05, 3.63) is 28.7 Å². The molecule has 2 aromatic rings. The fraction of sp³-hybridized carbons (Fsp3) is 0.533. The predicted molar refractivity (Wildman–Crippen MR) is 80.6 cm³/mol. The van der Waals surface area contributed by atoms with Crippen LogP contribution in [0, 0.1) is 20.8 Å². The van der Waals surface area contributed by atoms with Gasteiger partial charge in [-0.2, -0.15) is 5.10 Å². The highest BCUT2D eigenvalue weighted by molar-refractivity contribution is 6.01. The monoisotopic (exact) mass is 287 g/mol. The van der Waals surface area contributed by atoms with Gasteiger partial charge in [0.25, 0.3) is 5.91 Å². The Bertz CT molecular complexity index is 683. The van der Waals surface area contributed by atoms with Gasteiger partial charge in [0.15, 0.2) is 5.65 Å². The molecule has 0 bridgehead atoms. The van der Waals surface area contributed by atoms with Crippen LogP contribution < -0.4 is 5.32 Å². The van der Waals surface area contributed by atoms with E-state index in [1.165, 1.54) is 0 Å². The first-order valence-corrected chi connectivity index (χ1v) is 7.41. The van der Waals surface area contributed by atoms with Gasteiger partial charge in [-0.3, -0.25) is 4.79 Å². The maximum Gasteiger partial charge on any atom is 0.259 e. The van der Waals surface area contributed by atoms with E-state index in [0.717, 1.165) is 49.7 Å². The van der Waals surface area contributed by atoms with E-state index in [1.807, 2.05) is 31.7 Å². The van der Waals surface area contributed by atoms with E-state index in [-0.39, 0.29) is 5.91 Å². The van der Waals surface area contributed by atoms with Gasteiger partial charge in [0, 0.05) is 31.0 Å². The highest BCUT2D eigenvalue weighted by Gasteiger charge is 2.24. The Kier molecular flexibility index (Phi) is 3.63. The second-order valence-corrected chi connectivity index (χ2v) is 5.63. The molecule has 2 aromatic heterocycles. The largest absolute Gasteiger partial charge is 0.337 e. The van der Waals surface area contributed by atoms with Crippen LogP contribution in [-0.4, -0.2) is 51.6 Å². The zero-order chi connectivity index (χ0) is 15.0. The van der Waals surface area contributed by atoms with Crippen LogP contribution in [0.15, 0.2) is 6.07 Å². The molecule has 0 spiro atoms. The van der Waals surface area contributed by atoms with Crippen molar-refractivity contribution in [2.75, 3.05) is 26.2 Å². The summed E-state index contributed by atoms with van der Waals surface area (Å²) in [5, 5.41) is 7.80. The van der Waals surface area contributed by atoms with Crippen molar-refractivity contribution in [3.63, 3.8) is 0 Å². The van der Waals surface area contributed by atoms with Crippen LogP contribution in [0.2, 0.25) is 0 Å². The third kappa shape index (κ3) is 2.51. The quantitative estimate of drug-likeness (QED) is 0.853. The Hall–Kier alpha value is -1.95. The average molecular weight is 287 g/mol. The Morgan fingerprint density at radius 2 is 2.05 bits per heavy atom. The Morgan fingerprint density at radius 1 is 1.24 bits per heavy atom. The molecule has 3 rings (SSSR count). The van der Waals surface area contributed by atoms with Gasteiger partial charge < -0.3 is 10.2 Å². The number of nitrogens with one attached hydrogen (secondary N) is 1. The fourth-order valence-electron chi connectivity index (χ4n) is 2.88. The number of nitrogens with zero attached hydrogens (tertiary/aromatic N) is 4. The lowest BCUT2D eigenvalue weighted by atomic mass is 10.2. The zero-order valence-electron chi connectivity index (χ0n) is 12.8. The Labute approximate surface area is 124 Å². The minimum Gasteiger partial charge on any atom is -0.337 e. The Morgan fingerprint density at radius 3 is 2.86 bits per heavy atom. The number of hydrogen-bond acceptors (Lipinski definition) is 4. The van der Waals surface area contributed by atoms with Gasteiger partial charge in [-0.05, 0) is 39.8 Å². The molecule has 3 heterocycles. The minimum absolute atomic E-state index is 0.0451. The molecule has 1 fully saturated rings. The first-order valence-electron chi connectivity index (χ1n) is 7.41. The molecule has 0 atom stereocenters. The van der Waals surface area contributed by atoms with Crippen molar-refractivity contribution in [2.24, 2.45) is 0 Å². The van der Waals surface area contributed by atoms with E-state index in [9.17, 15) is 4.79 Å². The van der Waals surface area contributed by atoms with Gasteiger partial charge in [-0.25, -0.2) is 9.50 Å². The van der Waals surface area contributed by atoms with E-state index in [4.69, 9.17) is 0 Å². The van der Waals surface area contributed by atoms with Crippen LogP contribution in [0.3, 0.4) is 0 Å². The number of aryl methyl sites for hydroxylation is 3. The maximum atomic E-state index is 12.9. The molecule has 1 aliphatic rings. The molecule has 6 nitrogen and oxygen atoms in total. The normalized spacial score (nSPS) is 16.2. The molecule has 112 valence electrons. The Balaban J connectivity index is 2.06. The van der Waals surface area contributed by atoms with Crippen molar-refractivity contribution in [1.29, 1.82) is 0 Å². The van der Waals surface area contributed by atoms with Gasteiger partial charge in [0.2, 0.25) is 0 Å². The van der Waals surface area contributed by atoms with Crippen LogP contribution >= 0.6 is 0 Å². The van der Waals surface area contributed by atoms with Gasteiger partial charge in [0.1, 0.15) is 5.56 Å². The highest BCUT2D eigenvalue weighted by atomic mass is 16.2. The predicted octanol–water partition coefficient (Wildman–Crippen LogP) is 1.09. The van der Waals surface area contributed by atoms with Gasteiger partial charge >= 0.3 is 0 Å². The van der Waals surface area contributed by atoms with Crippen molar-refractivity contribution in [3.8, 4) is 0 Å². The lowest BCUT2D eigenvalue weighted by Gasteiger charge is -2.19. The number of carbonyl (C=O) groups excluding carboxylic acids is 1. The zero-order valence-corrected chi connectivity index (χ0v) is 12.8. The van der Waals surface area contributed by atoms with Crippen molar-refractivity contribution in [2.45, 2.75) is 27.2 Å². The molecule has 0 saturated carbocycles. The standard InChI is InChI=1S/C15H21N5O/c1-10-9-11(2)20-14(17-10)13(12(3)18-20)15(21)19-7-4-5-16-6-8-19/h9,16H,4-8H2,1-3H3. The summed E-state index contributed by atoms with van der Waals surface area (Å²) in [7, 11) is 0. The van der Waals surface area contributed by atoms with E-state index < -0.39 is 0 Å². The second kappa shape index (κ2) is 5.44. The van der Waals surface area contributed by atoms with E-state index in [1.54, 1.807) is 4.52 Å². The summed E-state index contributed by atoms with van der Waals surface area (Å²) in [4.78, 5) is 19.3. The lowest BCUT2D eigenvalue weighted by Crippen LogP contribution is -2.34. The summed E-state index contributed by atoms with van der Waals surface area (Å²) in [5.41, 5.74) is 3.97. The molecule has 21 heavy (non-hydrogen) atoms. The summed E-state index contributed by atoms with van der Waals surface area (Å²) in [6, 6.07) is 1.98.